The summed E-state index contributed by atoms with van der Waals surface area (Å²) in [6.45, 7) is 4.35. The van der Waals surface area contributed by atoms with Crippen LogP contribution < -0.4 is 4.57 Å². The minimum atomic E-state index is -1.01. The maximum absolute atomic E-state index is 5.34. The van der Waals surface area contributed by atoms with Gasteiger partial charge in [-0.25, -0.2) is 0 Å². The number of aryl methyl sites for hydroxylation is 3. The number of fused-ring (bicyclic) bond motifs is 9. The van der Waals surface area contributed by atoms with E-state index in [0.29, 0.717) is 0 Å². The van der Waals surface area contributed by atoms with Gasteiger partial charge in [-0.1, -0.05) is 18.2 Å². The zero-order valence-electron chi connectivity index (χ0n) is 39.3. The quantitative estimate of drug-likeness (QED) is 0.116. The van der Waals surface area contributed by atoms with Crippen molar-refractivity contribution < 1.29 is 25.6 Å². The summed E-state index contributed by atoms with van der Waals surface area (Å²) in [5.74, 6) is 0. The van der Waals surface area contributed by atoms with Crippen molar-refractivity contribution in [1.29, 1.82) is 0 Å². The van der Waals surface area contributed by atoms with Crippen molar-refractivity contribution in [2.45, 2.75) is 30.2 Å². The van der Waals surface area contributed by atoms with E-state index in [2.05, 4.69) is 146 Å². The van der Waals surface area contributed by atoms with E-state index in [4.69, 9.17) is 34.9 Å². The molecule has 3 aromatic carbocycles. The summed E-state index contributed by atoms with van der Waals surface area (Å²) in [5, 5.41) is 0. The number of rotatable bonds is 7. The summed E-state index contributed by atoms with van der Waals surface area (Å²) in [6.07, 6.45) is 32.8. The normalized spacial score (nSPS) is 14.5. The summed E-state index contributed by atoms with van der Waals surface area (Å²) in [4.78, 5) is 34.3. The predicted octanol–water partition coefficient (Wildman–Crippen LogP) is 10.3. The van der Waals surface area contributed by atoms with Crippen LogP contribution in [-0.4, -0.2) is 39.5 Å². The Morgan fingerprint density at radius 2 is 0.861 bits per heavy atom. The molecule has 0 unspecified atom stereocenters. The monoisotopic (exact) mass is 1110 g/mol. The van der Waals surface area contributed by atoms with E-state index < -0.39 is 16.4 Å². The van der Waals surface area contributed by atoms with E-state index in [0.717, 1.165) is 100 Å². The molecule has 0 aliphatic heterocycles. The van der Waals surface area contributed by atoms with Crippen molar-refractivity contribution in [1.82, 2.24) is 39.5 Å². The summed E-state index contributed by atoms with van der Waals surface area (Å²) in [5.41, 5.74) is 18.8. The molecule has 0 radical (unpaired) electrons. The molecule has 9 nitrogen and oxygen atoms in total. The number of pyridine rings is 7. The molecule has 8 aromatic heterocycles. The largest absolute Gasteiger partial charge is 0.354 e. The predicted molar refractivity (Wildman–Crippen MR) is 270 cm³/mol. The Morgan fingerprint density at radius 1 is 0.458 bits per heavy atom. The van der Waals surface area contributed by atoms with Crippen LogP contribution in [-0.2, 0) is 44.5 Å². The van der Waals surface area contributed by atoms with E-state index in [1.807, 2.05) is 98.4 Å². The maximum Gasteiger partial charge on any atom is 0.204 e. The van der Waals surface area contributed by atoms with Crippen molar-refractivity contribution in [2.75, 3.05) is 0 Å². The van der Waals surface area contributed by atoms with E-state index in [1.165, 1.54) is 16.7 Å². The van der Waals surface area contributed by atoms with Crippen LogP contribution in [0.5, 0.6) is 0 Å². The van der Waals surface area contributed by atoms with Gasteiger partial charge in [0, 0.05) is 118 Å². The second-order valence-corrected chi connectivity index (χ2v) is 18.8. The second-order valence-electron chi connectivity index (χ2n) is 18.8. The summed E-state index contributed by atoms with van der Waals surface area (Å²) < 4.78 is 4.10. The smallest absolute Gasteiger partial charge is 0.204 e. The molecule has 0 bridgehead atoms. The van der Waals surface area contributed by atoms with Crippen LogP contribution in [0.15, 0.2) is 196 Å². The maximum atomic E-state index is 5.34. The molecule has 0 saturated heterocycles. The van der Waals surface area contributed by atoms with Crippen LogP contribution in [0.25, 0.3) is 44.5 Å². The van der Waals surface area contributed by atoms with Crippen LogP contribution in [0.4, 0.5) is 0 Å². The molecule has 0 saturated carbocycles. The van der Waals surface area contributed by atoms with Crippen molar-refractivity contribution in [2.24, 2.45) is 7.05 Å². The van der Waals surface area contributed by atoms with E-state index in [1.54, 1.807) is 0 Å². The van der Waals surface area contributed by atoms with Gasteiger partial charge in [-0.05, 0) is 153 Å². The molecule has 0 atom stereocenters. The van der Waals surface area contributed by atoms with Gasteiger partial charge >= 0.3 is 0 Å². The van der Waals surface area contributed by atoms with Crippen molar-refractivity contribution >= 4 is 0 Å². The Bertz CT molecular complexity index is 3830. The zero-order valence-corrected chi connectivity index (χ0v) is 41.6. The first-order chi connectivity index (χ1) is 34.9. The molecule has 0 amide bonds. The van der Waals surface area contributed by atoms with Gasteiger partial charge < -0.3 is 9.13 Å². The van der Waals surface area contributed by atoms with Gasteiger partial charge in [0.05, 0.1) is 18.2 Å². The molecule has 11 aromatic rings. The Balaban J connectivity index is 0.00000504. The van der Waals surface area contributed by atoms with Crippen molar-refractivity contribution in [3.8, 4) is 44.5 Å². The number of hydrogen-bond acceptors (Lipinski definition) is 7. The first-order valence-electron chi connectivity index (χ1n) is 23.7. The van der Waals surface area contributed by atoms with Crippen LogP contribution >= 0.6 is 0 Å². The number of imidazole rings is 1. The average Bonchev–Trinajstić information content (AvgIpc) is 4.16. The fraction of sp³-hybridized carbons (Fsp3) is 0.0968. The van der Waals surface area contributed by atoms with Gasteiger partial charge in [0.15, 0.2) is 0 Å². The Labute approximate surface area is 431 Å². The molecular weight excluding hydrogens is 1070 g/mol. The molecule has 0 spiro atoms. The molecule has 3 aliphatic rings. The van der Waals surface area contributed by atoms with Crippen LogP contribution in [0, 0.1) is 32.3 Å². The Morgan fingerprint density at radius 3 is 1.33 bits per heavy atom. The fourth-order valence-electron chi connectivity index (χ4n) is 12.5. The van der Waals surface area contributed by atoms with Gasteiger partial charge in [-0.3, -0.25) is 34.9 Å². The minimum Gasteiger partial charge on any atom is -0.354 e. The summed E-state index contributed by atoms with van der Waals surface area (Å²) in [6, 6.07) is 44.9. The molecule has 10 heteroatoms. The van der Waals surface area contributed by atoms with E-state index in [-0.39, 0.29) is 21.1 Å². The molecular formula is C62H41N9Pt-2. The molecule has 8 heterocycles. The number of benzene rings is 3. The fourth-order valence-corrected chi connectivity index (χ4v) is 12.5. The van der Waals surface area contributed by atoms with Crippen molar-refractivity contribution in [3.05, 3.63) is 287 Å². The van der Waals surface area contributed by atoms with E-state index >= 15 is 0 Å². The molecule has 14 rings (SSSR count). The number of hydrogen-bond donors (Lipinski definition) is 0. The summed E-state index contributed by atoms with van der Waals surface area (Å²) >= 11 is 0. The second kappa shape index (κ2) is 16.3. The Hall–Kier alpha value is -8.39. The third-order valence-electron chi connectivity index (χ3n) is 15.4. The van der Waals surface area contributed by atoms with E-state index in [9.17, 15) is 0 Å². The van der Waals surface area contributed by atoms with Gasteiger partial charge in [0.2, 0.25) is 6.33 Å². The zero-order chi connectivity index (χ0) is 47.5. The third-order valence-corrected chi connectivity index (χ3v) is 15.4. The van der Waals surface area contributed by atoms with Crippen LogP contribution in [0.1, 0.15) is 72.5 Å². The van der Waals surface area contributed by atoms with Gasteiger partial charge in [-0.2, -0.15) is 48.5 Å². The van der Waals surface area contributed by atoms with Gasteiger partial charge in [0.1, 0.15) is 5.54 Å². The summed E-state index contributed by atoms with van der Waals surface area (Å²) in [7, 11) is 1.99. The minimum absolute atomic E-state index is 0. The average molecular weight is 1110 g/mol. The first-order valence-corrected chi connectivity index (χ1v) is 23.7. The molecule has 346 valence electrons. The number of nitrogens with zero attached hydrogens (tertiary/aromatic N) is 9. The van der Waals surface area contributed by atoms with Gasteiger partial charge in [0.25, 0.3) is 0 Å². The van der Waals surface area contributed by atoms with Crippen molar-refractivity contribution in [3.63, 3.8) is 0 Å². The van der Waals surface area contributed by atoms with Crippen LogP contribution in [0.2, 0.25) is 0 Å². The third kappa shape index (κ3) is 5.74. The molecule has 72 heavy (non-hydrogen) atoms. The number of aromatic nitrogens is 9. The molecule has 0 N–H and O–H groups in total. The molecule has 3 aliphatic carbocycles. The SMILES string of the molecule is Cc1cccc(C)c1-c1ccnc(C2(c3[c-]c(C4(c5[c-]c(C6(n7[c-][n+](C)cc7)c7cnccc7-c7ccncc76)ccc5)c5cnccc5-c5ccncc54)ccc3)c3cnccc3-c3ccncc32)c1.[Pt]. The molecule has 0 fully saturated rings. The first kappa shape index (κ1) is 43.6. The van der Waals surface area contributed by atoms with Crippen LogP contribution in [0.3, 0.4) is 0 Å². The standard InChI is InChI=1S/C62H41N9.Pt/c1-39-7-4-8-40(2)59(39)41-13-26-69-58(29-41)61(54-34-65-22-16-48(54)49-17-23-66-35-55(49)61)44-11-5-9-42(30-44)60(52-32-63-20-14-46(52)47-15-21-64-33-53(47)60)43-10-6-12-45(31-43)62(71-28-27-70(3)38-71)56-36-67-24-18-50(56)51-19-25-68-37-57(51)62;/h4-29,32-37H,1-3H3;/q-2;. The van der Waals surface area contributed by atoms with Gasteiger partial charge in [-0.15, -0.1) is 22.3 Å². The topological polar surface area (TPSA) is 99.0 Å². The Kier molecular flexibility index (Phi) is 9.90.